The summed E-state index contributed by atoms with van der Waals surface area (Å²) in [5.41, 5.74) is 0.535. The zero-order valence-electron chi connectivity index (χ0n) is 10.8. The summed E-state index contributed by atoms with van der Waals surface area (Å²) in [6.07, 6.45) is 0. The number of nitrogens with one attached hydrogen (secondary N) is 1. The van der Waals surface area contributed by atoms with Crippen LogP contribution in [0, 0.1) is 15.9 Å². The lowest BCUT2D eigenvalue weighted by atomic mass is 10.2. The smallest absolute Gasteiger partial charge is 0.276 e. The predicted molar refractivity (Wildman–Crippen MR) is 72.3 cm³/mol. The Labute approximate surface area is 115 Å². The van der Waals surface area contributed by atoms with Crippen molar-refractivity contribution in [2.24, 2.45) is 0 Å². The predicted octanol–water partition coefficient (Wildman–Crippen LogP) is 3.25. The van der Waals surface area contributed by atoms with Gasteiger partial charge in [0.2, 0.25) is 0 Å². The van der Waals surface area contributed by atoms with Crippen LogP contribution in [0.5, 0.6) is 11.5 Å². The molecular weight excluding hydrogens is 263 g/mol. The molecular formula is C14H13FN2O3. The second-order valence-corrected chi connectivity index (χ2v) is 4.14. The molecule has 2 aromatic rings. The maximum absolute atomic E-state index is 13.3. The van der Waals surface area contributed by atoms with Gasteiger partial charge in [-0.25, -0.2) is 4.39 Å². The van der Waals surface area contributed by atoms with Crippen LogP contribution in [0.1, 0.15) is 5.56 Å². The molecule has 6 heteroatoms. The van der Waals surface area contributed by atoms with E-state index in [0.717, 1.165) is 17.7 Å². The van der Waals surface area contributed by atoms with Crippen molar-refractivity contribution in [2.45, 2.75) is 6.54 Å². The van der Waals surface area contributed by atoms with E-state index < -0.39 is 10.7 Å². The number of nitro benzene ring substituents is 1. The number of para-hydroxylation sites is 1. The molecule has 5 nitrogen and oxygen atoms in total. The van der Waals surface area contributed by atoms with Gasteiger partial charge in [0.1, 0.15) is 17.3 Å². The van der Waals surface area contributed by atoms with Gasteiger partial charge in [-0.3, -0.25) is 10.1 Å². The standard InChI is InChI=1S/C14H13FN2O3/c1-16-9-10-4-2-3-5-14(10)20-13-7-11(15)6-12(8-13)17(18)19/h2-8,16H,9H2,1H3. The van der Waals surface area contributed by atoms with Gasteiger partial charge in [0.15, 0.2) is 0 Å². The molecule has 0 spiro atoms. The molecule has 0 amide bonds. The lowest BCUT2D eigenvalue weighted by Gasteiger charge is -2.10. The number of hydrogen-bond acceptors (Lipinski definition) is 4. The fraction of sp³-hybridized carbons (Fsp3) is 0.143. The minimum atomic E-state index is -0.708. The second-order valence-electron chi connectivity index (χ2n) is 4.14. The van der Waals surface area contributed by atoms with E-state index in [2.05, 4.69) is 5.32 Å². The third-order valence-electron chi connectivity index (χ3n) is 2.63. The van der Waals surface area contributed by atoms with Gasteiger partial charge in [-0.15, -0.1) is 0 Å². The van der Waals surface area contributed by atoms with E-state index in [0.29, 0.717) is 12.3 Å². The van der Waals surface area contributed by atoms with Gasteiger partial charge in [0.25, 0.3) is 5.69 Å². The highest BCUT2D eigenvalue weighted by Gasteiger charge is 2.12. The highest BCUT2D eigenvalue weighted by atomic mass is 19.1. The number of benzene rings is 2. The third-order valence-corrected chi connectivity index (χ3v) is 2.63. The van der Waals surface area contributed by atoms with Crippen LogP contribution < -0.4 is 10.1 Å². The molecule has 0 atom stereocenters. The van der Waals surface area contributed by atoms with E-state index in [9.17, 15) is 14.5 Å². The van der Waals surface area contributed by atoms with Crippen molar-refractivity contribution in [3.63, 3.8) is 0 Å². The summed E-state index contributed by atoms with van der Waals surface area (Å²) in [6.45, 7) is 0.577. The minimum absolute atomic E-state index is 0.0975. The van der Waals surface area contributed by atoms with Crippen molar-refractivity contribution >= 4 is 5.69 Å². The van der Waals surface area contributed by atoms with Crippen LogP contribution in [0.2, 0.25) is 0 Å². The van der Waals surface area contributed by atoms with Crippen LogP contribution in [-0.4, -0.2) is 12.0 Å². The Balaban J connectivity index is 2.32. The van der Waals surface area contributed by atoms with Crippen molar-refractivity contribution in [3.05, 3.63) is 64.0 Å². The van der Waals surface area contributed by atoms with E-state index >= 15 is 0 Å². The third kappa shape index (κ3) is 3.30. The molecule has 0 saturated carbocycles. The van der Waals surface area contributed by atoms with E-state index in [1.165, 1.54) is 6.07 Å². The molecule has 2 rings (SSSR count). The van der Waals surface area contributed by atoms with Crippen LogP contribution in [0.3, 0.4) is 0 Å². The zero-order valence-corrected chi connectivity index (χ0v) is 10.8. The molecule has 1 N–H and O–H groups in total. The van der Waals surface area contributed by atoms with Gasteiger partial charge in [-0.1, -0.05) is 18.2 Å². The molecule has 0 unspecified atom stereocenters. The topological polar surface area (TPSA) is 64.4 Å². The van der Waals surface area contributed by atoms with Gasteiger partial charge >= 0.3 is 0 Å². The van der Waals surface area contributed by atoms with E-state index in [-0.39, 0.29) is 11.4 Å². The Morgan fingerprint density at radius 3 is 2.75 bits per heavy atom. The van der Waals surface area contributed by atoms with Crippen LogP contribution in [0.25, 0.3) is 0 Å². The molecule has 0 aliphatic heterocycles. The fourth-order valence-electron chi connectivity index (χ4n) is 1.78. The normalized spacial score (nSPS) is 10.3. The Morgan fingerprint density at radius 1 is 1.30 bits per heavy atom. The Hall–Kier alpha value is -2.47. The lowest BCUT2D eigenvalue weighted by Crippen LogP contribution is -2.06. The molecule has 0 aliphatic carbocycles. The SMILES string of the molecule is CNCc1ccccc1Oc1cc(F)cc([N+](=O)[O-])c1. The highest BCUT2D eigenvalue weighted by Crippen LogP contribution is 2.28. The monoisotopic (exact) mass is 276 g/mol. The number of halogens is 1. The van der Waals surface area contributed by atoms with Crippen molar-refractivity contribution in [1.29, 1.82) is 0 Å². The maximum atomic E-state index is 13.3. The number of ether oxygens (including phenoxy) is 1. The van der Waals surface area contributed by atoms with E-state index in [4.69, 9.17) is 4.74 Å². The summed E-state index contributed by atoms with van der Waals surface area (Å²) >= 11 is 0. The molecule has 20 heavy (non-hydrogen) atoms. The average molecular weight is 276 g/mol. The first-order valence-corrected chi connectivity index (χ1v) is 5.95. The van der Waals surface area contributed by atoms with E-state index in [1.54, 1.807) is 19.2 Å². The van der Waals surface area contributed by atoms with Crippen molar-refractivity contribution in [3.8, 4) is 11.5 Å². The highest BCUT2D eigenvalue weighted by molar-refractivity contribution is 5.43. The fourth-order valence-corrected chi connectivity index (χ4v) is 1.78. The van der Waals surface area contributed by atoms with Gasteiger partial charge in [-0.2, -0.15) is 0 Å². The molecule has 0 aliphatic rings. The van der Waals surface area contributed by atoms with Crippen LogP contribution in [0.4, 0.5) is 10.1 Å². The molecule has 0 saturated heterocycles. The van der Waals surface area contributed by atoms with Crippen LogP contribution in [-0.2, 0) is 6.54 Å². The summed E-state index contributed by atoms with van der Waals surface area (Å²) < 4.78 is 18.9. The molecule has 104 valence electrons. The maximum Gasteiger partial charge on any atom is 0.276 e. The number of rotatable bonds is 5. The summed E-state index contributed by atoms with van der Waals surface area (Å²) in [5, 5.41) is 13.7. The molecule has 0 radical (unpaired) electrons. The summed E-state index contributed by atoms with van der Waals surface area (Å²) in [5.74, 6) is -0.0812. The molecule has 0 aromatic heterocycles. The van der Waals surface area contributed by atoms with Crippen LogP contribution in [0.15, 0.2) is 42.5 Å². The largest absolute Gasteiger partial charge is 0.457 e. The Kier molecular flexibility index (Phi) is 4.27. The first-order chi connectivity index (χ1) is 9.60. The summed E-state index contributed by atoms with van der Waals surface area (Å²) in [7, 11) is 1.80. The van der Waals surface area contributed by atoms with Gasteiger partial charge in [-0.05, 0) is 13.1 Å². The average Bonchev–Trinajstić information content (AvgIpc) is 2.40. The van der Waals surface area contributed by atoms with Crippen molar-refractivity contribution in [1.82, 2.24) is 5.32 Å². The lowest BCUT2D eigenvalue weighted by molar-refractivity contribution is -0.385. The zero-order chi connectivity index (χ0) is 14.5. The van der Waals surface area contributed by atoms with Crippen LogP contribution >= 0.6 is 0 Å². The summed E-state index contributed by atoms with van der Waals surface area (Å²) in [6, 6.07) is 10.4. The Morgan fingerprint density at radius 2 is 2.05 bits per heavy atom. The number of nitrogens with zero attached hydrogens (tertiary/aromatic N) is 1. The van der Waals surface area contributed by atoms with Crippen molar-refractivity contribution < 1.29 is 14.1 Å². The second kappa shape index (κ2) is 6.12. The molecule has 2 aromatic carbocycles. The van der Waals surface area contributed by atoms with E-state index in [1.807, 2.05) is 12.1 Å². The minimum Gasteiger partial charge on any atom is -0.457 e. The number of non-ortho nitro benzene ring substituents is 1. The summed E-state index contributed by atoms with van der Waals surface area (Å²) in [4.78, 5) is 10.0. The number of nitro groups is 1. The van der Waals surface area contributed by atoms with Gasteiger partial charge < -0.3 is 10.1 Å². The van der Waals surface area contributed by atoms with Gasteiger partial charge in [0, 0.05) is 18.2 Å². The number of hydrogen-bond donors (Lipinski definition) is 1. The van der Waals surface area contributed by atoms with Gasteiger partial charge in [0.05, 0.1) is 17.1 Å². The molecule has 0 heterocycles. The molecule has 0 fully saturated rings. The van der Waals surface area contributed by atoms with Crippen molar-refractivity contribution in [2.75, 3.05) is 7.05 Å². The first kappa shape index (κ1) is 14.0. The first-order valence-electron chi connectivity index (χ1n) is 5.95. The Bertz CT molecular complexity index is 632. The quantitative estimate of drug-likeness (QED) is 0.672. The molecule has 0 bridgehead atoms.